The summed E-state index contributed by atoms with van der Waals surface area (Å²) in [5.41, 5.74) is -0.320. The summed E-state index contributed by atoms with van der Waals surface area (Å²) in [5.74, 6) is 0.503. The van der Waals surface area contributed by atoms with Crippen LogP contribution in [0.4, 0.5) is 10.3 Å². The lowest BCUT2D eigenvalue weighted by atomic mass is 10.3. The van der Waals surface area contributed by atoms with Crippen molar-refractivity contribution in [1.29, 1.82) is 0 Å². The lowest BCUT2D eigenvalue weighted by molar-refractivity contribution is 0.168. The molecule has 6 nitrogen and oxygen atoms in total. The zero-order valence-electron chi connectivity index (χ0n) is 14.0. The molecule has 0 aliphatic heterocycles. The molecule has 0 aromatic carbocycles. The van der Waals surface area contributed by atoms with Crippen molar-refractivity contribution in [2.45, 2.75) is 45.1 Å². The maximum atomic E-state index is 14.0. The van der Waals surface area contributed by atoms with Crippen LogP contribution in [0.25, 0.3) is 0 Å². The topological polar surface area (TPSA) is 52.3 Å². The van der Waals surface area contributed by atoms with Gasteiger partial charge in [0.1, 0.15) is 17.8 Å². The van der Waals surface area contributed by atoms with E-state index in [1.165, 1.54) is 4.57 Å². The molecular weight excluding hydrogens is 291 g/mol. The fraction of sp³-hybridized carbons (Fsp3) is 0.846. The zero-order valence-corrected chi connectivity index (χ0v) is 15.0. The Hall–Kier alpha value is -1.15. The smallest absolute Gasteiger partial charge is 0.347 e. The SMILES string of the molecule is CN(C)c1nn(CC(F)CO[Si+](C)C(C)(C)C)c(=O)n1C. The Morgan fingerprint density at radius 1 is 1.43 bits per heavy atom. The average molecular weight is 317 g/mol. The Kier molecular flexibility index (Phi) is 5.74. The molecule has 0 fully saturated rings. The van der Waals surface area contributed by atoms with Gasteiger partial charge in [-0.3, -0.25) is 4.57 Å². The molecular formula is C13H26FN4O2Si+. The number of hydrogen-bond donors (Lipinski definition) is 0. The average Bonchev–Trinajstić information content (AvgIpc) is 2.63. The van der Waals surface area contributed by atoms with Gasteiger partial charge in [-0.05, 0) is 20.8 Å². The van der Waals surface area contributed by atoms with Crippen LogP contribution in [0.15, 0.2) is 4.79 Å². The van der Waals surface area contributed by atoms with E-state index in [0.717, 1.165) is 4.68 Å². The van der Waals surface area contributed by atoms with Crippen molar-refractivity contribution in [3.63, 3.8) is 0 Å². The first-order chi connectivity index (χ1) is 9.54. The lowest BCUT2D eigenvalue weighted by Crippen LogP contribution is -2.32. The van der Waals surface area contributed by atoms with Gasteiger partial charge in [0.25, 0.3) is 0 Å². The maximum Gasteiger partial charge on any atom is 0.475 e. The van der Waals surface area contributed by atoms with E-state index in [0.29, 0.717) is 5.95 Å². The van der Waals surface area contributed by atoms with Crippen molar-refractivity contribution in [1.82, 2.24) is 14.3 Å². The van der Waals surface area contributed by atoms with E-state index in [2.05, 4.69) is 25.9 Å². The number of alkyl halides is 1. The normalized spacial score (nSPS) is 13.3. The molecule has 0 bridgehead atoms. The standard InChI is InChI=1S/C13H26FN4O2Si/c1-13(2,3)21(7)20-9-10(14)8-18-12(19)17(6)11(15-18)16(4)5/h10H,8-9H2,1-7H3/q+1. The molecule has 1 rings (SSSR count). The van der Waals surface area contributed by atoms with E-state index < -0.39 is 15.2 Å². The first kappa shape index (κ1) is 17.9. The minimum absolute atomic E-state index is 0.00236. The van der Waals surface area contributed by atoms with Crippen LogP contribution < -0.4 is 10.6 Å². The monoisotopic (exact) mass is 317 g/mol. The van der Waals surface area contributed by atoms with E-state index in [1.54, 1.807) is 26.0 Å². The number of halogens is 1. The van der Waals surface area contributed by atoms with Crippen LogP contribution >= 0.6 is 0 Å². The minimum atomic E-state index is -1.24. The first-order valence-corrected chi connectivity index (χ1v) is 8.87. The molecule has 21 heavy (non-hydrogen) atoms. The molecule has 0 aliphatic carbocycles. The quantitative estimate of drug-likeness (QED) is 0.745. The highest BCUT2D eigenvalue weighted by molar-refractivity contribution is 6.53. The summed E-state index contributed by atoms with van der Waals surface area (Å²) in [7, 11) is 4.12. The van der Waals surface area contributed by atoms with Crippen molar-refractivity contribution in [2.24, 2.45) is 7.05 Å². The van der Waals surface area contributed by atoms with E-state index >= 15 is 0 Å². The third kappa shape index (κ3) is 4.67. The lowest BCUT2D eigenvalue weighted by Gasteiger charge is -2.13. The molecule has 0 spiro atoms. The molecule has 1 atom stereocenters. The van der Waals surface area contributed by atoms with Gasteiger partial charge in [-0.15, -0.1) is 5.10 Å². The minimum Gasteiger partial charge on any atom is -0.347 e. The fourth-order valence-corrected chi connectivity index (χ4v) is 2.52. The molecule has 0 saturated heterocycles. The van der Waals surface area contributed by atoms with Crippen molar-refractivity contribution in [2.75, 3.05) is 25.6 Å². The number of aromatic nitrogens is 3. The second kappa shape index (κ2) is 6.74. The summed E-state index contributed by atoms with van der Waals surface area (Å²) in [6, 6.07) is 0. The van der Waals surface area contributed by atoms with Gasteiger partial charge in [-0.2, -0.15) is 0 Å². The van der Waals surface area contributed by atoms with Gasteiger partial charge < -0.3 is 4.90 Å². The molecule has 1 heterocycles. The van der Waals surface area contributed by atoms with Gasteiger partial charge in [-0.25, -0.2) is 18.3 Å². The van der Waals surface area contributed by atoms with E-state index in [4.69, 9.17) is 4.43 Å². The number of anilines is 1. The first-order valence-electron chi connectivity index (χ1n) is 6.96. The molecule has 1 unspecified atom stereocenters. The highest BCUT2D eigenvalue weighted by atomic mass is 28.3. The summed E-state index contributed by atoms with van der Waals surface area (Å²) in [6.07, 6.45) is -1.24. The molecule has 0 radical (unpaired) electrons. The van der Waals surface area contributed by atoms with E-state index in [1.807, 2.05) is 6.55 Å². The third-order valence-corrected chi connectivity index (χ3v) is 6.04. The molecule has 0 N–H and O–H groups in total. The van der Waals surface area contributed by atoms with Crippen molar-refractivity contribution in [3.05, 3.63) is 10.5 Å². The van der Waals surface area contributed by atoms with Gasteiger partial charge in [0, 0.05) is 21.1 Å². The number of rotatable bonds is 6. The van der Waals surface area contributed by atoms with Gasteiger partial charge in [-0.1, -0.05) is 0 Å². The predicted molar refractivity (Wildman–Crippen MR) is 84.0 cm³/mol. The van der Waals surface area contributed by atoms with Crippen LogP contribution in [-0.2, 0) is 18.0 Å². The van der Waals surface area contributed by atoms with Crippen LogP contribution in [0.1, 0.15) is 20.8 Å². The highest BCUT2D eigenvalue weighted by Crippen LogP contribution is 2.27. The Labute approximate surface area is 127 Å². The summed E-state index contributed by atoms with van der Waals surface area (Å²) in [4.78, 5) is 13.7. The summed E-state index contributed by atoms with van der Waals surface area (Å²) < 4.78 is 22.2. The summed E-state index contributed by atoms with van der Waals surface area (Å²) in [6.45, 7) is 8.19. The summed E-state index contributed by atoms with van der Waals surface area (Å²) in [5, 5.41) is 4.19. The number of hydrogen-bond acceptors (Lipinski definition) is 4. The Bertz CT molecular complexity index is 521. The van der Waals surface area contributed by atoms with E-state index in [9.17, 15) is 9.18 Å². The maximum absolute atomic E-state index is 14.0. The van der Waals surface area contributed by atoms with Crippen LogP contribution in [-0.4, -0.2) is 50.3 Å². The van der Waals surface area contributed by atoms with Crippen LogP contribution in [0.2, 0.25) is 11.6 Å². The van der Waals surface area contributed by atoms with Crippen molar-refractivity contribution < 1.29 is 8.82 Å². The van der Waals surface area contributed by atoms with Crippen LogP contribution in [0.3, 0.4) is 0 Å². The Balaban J connectivity index is 2.66. The van der Waals surface area contributed by atoms with Gasteiger partial charge >= 0.3 is 14.7 Å². The number of nitrogens with zero attached hydrogens (tertiary/aromatic N) is 4. The Morgan fingerprint density at radius 2 is 2.00 bits per heavy atom. The highest BCUT2D eigenvalue weighted by Gasteiger charge is 2.39. The molecule has 1 aromatic rings. The van der Waals surface area contributed by atoms with Gasteiger partial charge in [0.05, 0.1) is 13.1 Å². The fourth-order valence-electron chi connectivity index (χ4n) is 1.66. The van der Waals surface area contributed by atoms with Crippen molar-refractivity contribution >= 4 is 15.0 Å². The molecule has 1 aromatic heterocycles. The summed E-state index contributed by atoms with van der Waals surface area (Å²) >= 11 is 0. The largest absolute Gasteiger partial charge is 0.475 e. The second-order valence-corrected chi connectivity index (χ2v) is 9.33. The Morgan fingerprint density at radius 3 is 2.43 bits per heavy atom. The third-order valence-electron chi connectivity index (χ3n) is 3.33. The molecule has 120 valence electrons. The molecule has 0 aliphatic rings. The predicted octanol–water partition coefficient (Wildman–Crippen LogP) is 1.42. The van der Waals surface area contributed by atoms with E-state index in [-0.39, 0.29) is 23.9 Å². The van der Waals surface area contributed by atoms with Crippen molar-refractivity contribution in [3.8, 4) is 0 Å². The van der Waals surface area contributed by atoms with Crippen LogP contribution in [0, 0.1) is 0 Å². The molecule has 0 amide bonds. The van der Waals surface area contributed by atoms with Crippen LogP contribution in [0.5, 0.6) is 0 Å². The van der Waals surface area contributed by atoms with Gasteiger partial charge in [0.15, 0.2) is 0 Å². The molecule has 0 saturated carbocycles. The molecule has 8 heteroatoms. The second-order valence-electron chi connectivity index (χ2n) is 6.43. The van der Waals surface area contributed by atoms with Gasteiger partial charge in [0.2, 0.25) is 5.95 Å². The zero-order chi connectivity index (χ0) is 16.4.